The number of amides is 3. The first kappa shape index (κ1) is 21.4. The molecule has 0 fully saturated rings. The third-order valence-electron chi connectivity index (χ3n) is 3.88. The average Bonchev–Trinajstić information content (AvgIpc) is 2.71. The van der Waals surface area contributed by atoms with Crippen molar-refractivity contribution in [3.63, 3.8) is 0 Å². The Hall–Kier alpha value is -3.88. The fourth-order valence-corrected chi connectivity index (χ4v) is 2.56. The van der Waals surface area contributed by atoms with Crippen molar-refractivity contribution < 1.29 is 28.5 Å². The van der Waals surface area contributed by atoms with Gasteiger partial charge >= 0.3 is 6.03 Å². The molecule has 0 heterocycles. The van der Waals surface area contributed by atoms with E-state index in [4.69, 9.17) is 24.7 Å². The van der Waals surface area contributed by atoms with Crippen LogP contribution in [0.4, 0.5) is 16.2 Å². The Morgan fingerprint density at radius 2 is 1.48 bits per heavy atom. The van der Waals surface area contributed by atoms with Crippen LogP contribution < -0.4 is 35.3 Å². The van der Waals surface area contributed by atoms with Gasteiger partial charge in [0.05, 0.1) is 39.7 Å². The molecule has 0 aromatic heterocycles. The SMILES string of the molecule is COc1cc(OC)c(/C=C/C(=O)Nc2ccc(OC)c(NC(N)=O)c2)c(OC)c1. The number of urea groups is 1. The van der Waals surface area contributed by atoms with Crippen molar-refractivity contribution in [1.29, 1.82) is 0 Å². The molecule has 2 rings (SSSR count). The summed E-state index contributed by atoms with van der Waals surface area (Å²) in [5.41, 5.74) is 6.51. The van der Waals surface area contributed by atoms with Gasteiger partial charge in [0.25, 0.3) is 0 Å². The molecule has 0 unspecified atom stereocenters. The number of hydrogen-bond donors (Lipinski definition) is 3. The van der Waals surface area contributed by atoms with E-state index in [1.807, 2.05) is 0 Å². The number of primary amides is 1. The number of methoxy groups -OCH3 is 4. The fraction of sp³-hybridized carbons (Fsp3) is 0.200. The number of nitrogens with one attached hydrogen (secondary N) is 2. The molecule has 0 saturated carbocycles. The molecule has 2 aromatic carbocycles. The topological polar surface area (TPSA) is 121 Å². The maximum Gasteiger partial charge on any atom is 0.316 e. The van der Waals surface area contributed by atoms with Gasteiger partial charge in [-0.15, -0.1) is 0 Å². The van der Waals surface area contributed by atoms with E-state index in [0.717, 1.165) is 0 Å². The highest BCUT2D eigenvalue weighted by Gasteiger charge is 2.12. The van der Waals surface area contributed by atoms with Crippen molar-refractivity contribution in [1.82, 2.24) is 0 Å². The van der Waals surface area contributed by atoms with E-state index in [0.29, 0.717) is 39.9 Å². The number of anilines is 2. The summed E-state index contributed by atoms with van der Waals surface area (Å²) in [7, 11) is 6.01. The highest BCUT2D eigenvalue weighted by atomic mass is 16.5. The number of rotatable bonds is 8. The molecule has 0 radical (unpaired) electrons. The summed E-state index contributed by atoms with van der Waals surface area (Å²) in [4.78, 5) is 23.5. The first-order valence-corrected chi connectivity index (χ1v) is 8.45. The van der Waals surface area contributed by atoms with Crippen LogP contribution in [0.5, 0.6) is 23.0 Å². The molecule has 0 spiro atoms. The molecule has 0 aliphatic rings. The van der Waals surface area contributed by atoms with Crippen LogP contribution in [-0.2, 0) is 4.79 Å². The van der Waals surface area contributed by atoms with Crippen molar-refractivity contribution in [2.75, 3.05) is 39.1 Å². The normalized spacial score (nSPS) is 10.3. The Morgan fingerprint density at radius 1 is 0.862 bits per heavy atom. The Balaban J connectivity index is 2.23. The molecule has 3 amide bonds. The van der Waals surface area contributed by atoms with E-state index in [9.17, 15) is 9.59 Å². The molecule has 2 aromatic rings. The fourth-order valence-electron chi connectivity index (χ4n) is 2.56. The first-order valence-electron chi connectivity index (χ1n) is 8.45. The highest BCUT2D eigenvalue weighted by molar-refractivity contribution is 6.03. The Kier molecular flexibility index (Phi) is 7.30. The second-order valence-corrected chi connectivity index (χ2v) is 5.67. The second-order valence-electron chi connectivity index (χ2n) is 5.67. The summed E-state index contributed by atoms with van der Waals surface area (Å²) in [5, 5.41) is 5.13. The zero-order valence-electron chi connectivity index (χ0n) is 16.6. The highest BCUT2D eigenvalue weighted by Crippen LogP contribution is 2.35. The van der Waals surface area contributed by atoms with Gasteiger partial charge in [-0.3, -0.25) is 4.79 Å². The van der Waals surface area contributed by atoms with Gasteiger partial charge in [0, 0.05) is 23.9 Å². The summed E-state index contributed by atoms with van der Waals surface area (Å²) >= 11 is 0. The monoisotopic (exact) mass is 401 g/mol. The van der Waals surface area contributed by atoms with E-state index in [1.54, 1.807) is 30.3 Å². The standard InChI is InChI=1S/C20H23N3O6/c1-26-13-10-17(28-3)14(18(11-13)29-4)6-8-19(24)22-12-5-7-16(27-2)15(9-12)23-20(21)25/h5-11H,1-4H3,(H,22,24)(H3,21,23,25)/b8-6+. The Morgan fingerprint density at radius 3 is 2.00 bits per heavy atom. The molecule has 0 bridgehead atoms. The lowest BCUT2D eigenvalue weighted by Gasteiger charge is -2.13. The van der Waals surface area contributed by atoms with Crippen molar-refractivity contribution in [3.05, 3.63) is 42.0 Å². The second kappa shape index (κ2) is 9.88. The lowest BCUT2D eigenvalue weighted by atomic mass is 10.1. The van der Waals surface area contributed by atoms with Gasteiger partial charge in [0.2, 0.25) is 5.91 Å². The van der Waals surface area contributed by atoms with Crippen LogP contribution in [0.25, 0.3) is 6.08 Å². The summed E-state index contributed by atoms with van der Waals surface area (Å²) in [5.74, 6) is 1.54. The minimum Gasteiger partial charge on any atom is -0.496 e. The number of carbonyl (C=O) groups is 2. The van der Waals surface area contributed by atoms with Gasteiger partial charge in [-0.1, -0.05) is 0 Å². The van der Waals surface area contributed by atoms with Crippen LogP contribution in [0.3, 0.4) is 0 Å². The molecule has 9 nitrogen and oxygen atoms in total. The van der Waals surface area contributed by atoms with Gasteiger partial charge in [-0.2, -0.15) is 0 Å². The molecule has 9 heteroatoms. The van der Waals surface area contributed by atoms with Crippen LogP contribution in [0, 0.1) is 0 Å². The van der Waals surface area contributed by atoms with Crippen molar-refractivity contribution in [2.24, 2.45) is 5.73 Å². The van der Waals surface area contributed by atoms with Crippen molar-refractivity contribution >= 4 is 29.4 Å². The van der Waals surface area contributed by atoms with Crippen LogP contribution >= 0.6 is 0 Å². The maximum atomic E-state index is 12.3. The lowest BCUT2D eigenvalue weighted by molar-refractivity contribution is -0.111. The average molecular weight is 401 g/mol. The summed E-state index contributed by atoms with van der Waals surface area (Å²) < 4.78 is 21.1. The van der Waals surface area contributed by atoms with Gasteiger partial charge in [0.1, 0.15) is 23.0 Å². The van der Waals surface area contributed by atoms with Crippen LogP contribution in [0.15, 0.2) is 36.4 Å². The van der Waals surface area contributed by atoms with Gasteiger partial charge in [-0.25, -0.2) is 4.79 Å². The molecular weight excluding hydrogens is 378 g/mol. The summed E-state index contributed by atoms with van der Waals surface area (Å²) in [6.07, 6.45) is 2.90. The van der Waals surface area contributed by atoms with E-state index in [-0.39, 0.29) is 0 Å². The summed E-state index contributed by atoms with van der Waals surface area (Å²) in [6, 6.07) is 7.39. The minimum atomic E-state index is -0.745. The molecule has 4 N–H and O–H groups in total. The van der Waals surface area contributed by atoms with Crippen LogP contribution in [0.2, 0.25) is 0 Å². The zero-order valence-corrected chi connectivity index (χ0v) is 16.6. The molecule has 29 heavy (non-hydrogen) atoms. The molecule has 154 valence electrons. The Labute approximate surface area is 168 Å². The zero-order chi connectivity index (χ0) is 21.4. The number of ether oxygens (including phenoxy) is 4. The van der Waals surface area contributed by atoms with Gasteiger partial charge in [-0.05, 0) is 24.3 Å². The largest absolute Gasteiger partial charge is 0.496 e. The number of hydrogen-bond acceptors (Lipinski definition) is 6. The van der Waals surface area contributed by atoms with Crippen LogP contribution in [-0.4, -0.2) is 40.4 Å². The quantitative estimate of drug-likeness (QED) is 0.585. The van der Waals surface area contributed by atoms with E-state index in [2.05, 4.69) is 10.6 Å². The molecule has 0 aliphatic carbocycles. The number of carbonyl (C=O) groups excluding carboxylic acids is 2. The smallest absolute Gasteiger partial charge is 0.316 e. The Bertz CT molecular complexity index is 901. The molecule has 0 aliphatic heterocycles. The van der Waals surface area contributed by atoms with E-state index >= 15 is 0 Å². The predicted molar refractivity (Wildman–Crippen MR) is 110 cm³/mol. The molecule has 0 saturated heterocycles. The van der Waals surface area contributed by atoms with Crippen LogP contribution in [0.1, 0.15) is 5.56 Å². The third kappa shape index (κ3) is 5.55. The van der Waals surface area contributed by atoms with Crippen molar-refractivity contribution in [3.8, 4) is 23.0 Å². The van der Waals surface area contributed by atoms with E-state index < -0.39 is 11.9 Å². The minimum absolute atomic E-state index is 0.334. The lowest BCUT2D eigenvalue weighted by Crippen LogP contribution is -2.20. The van der Waals surface area contributed by atoms with E-state index in [1.165, 1.54) is 40.6 Å². The third-order valence-corrected chi connectivity index (χ3v) is 3.88. The van der Waals surface area contributed by atoms with Crippen molar-refractivity contribution in [2.45, 2.75) is 0 Å². The summed E-state index contributed by atoms with van der Waals surface area (Å²) in [6.45, 7) is 0. The number of nitrogens with two attached hydrogens (primary N) is 1. The maximum absolute atomic E-state index is 12.3. The molecular formula is C20H23N3O6. The van der Waals surface area contributed by atoms with Gasteiger partial charge in [0.15, 0.2) is 0 Å². The number of benzene rings is 2. The van der Waals surface area contributed by atoms with Gasteiger partial charge < -0.3 is 35.3 Å². The molecule has 0 atom stereocenters. The predicted octanol–water partition coefficient (Wildman–Crippen LogP) is 2.86. The first-order chi connectivity index (χ1) is 13.9.